The van der Waals surface area contributed by atoms with Gasteiger partial charge in [0.1, 0.15) is 5.15 Å². The first kappa shape index (κ1) is 11.7. The molecule has 0 atom stereocenters. The van der Waals surface area contributed by atoms with E-state index in [1.807, 2.05) is 0 Å². The first-order valence-electron chi connectivity index (χ1n) is 6.28. The molecule has 0 bridgehead atoms. The third-order valence-electron chi connectivity index (χ3n) is 3.52. The van der Waals surface area contributed by atoms with Crippen LogP contribution in [0.15, 0.2) is 18.2 Å². The molecule has 1 aliphatic carbocycles. The third-order valence-corrected chi connectivity index (χ3v) is 3.83. The summed E-state index contributed by atoms with van der Waals surface area (Å²) in [4.78, 5) is 9.16. The van der Waals surface area contributed by atoms with Crippen molar-refractivity contribution in [2.45, 2.75) is 33.1 Å². The molecule has 92 valence electrons. The highest BCUT2D eigenvalue weighted by atomic mass is 35.5. The smallest absolute Gasteiger partial charge is 0.161 e. The summed E-state index contributed by atoms with van der Waals surface area (Å²) in [6.07, 6.45) is 3.18. The Balaban J connectivity index is 2.18. The number of hydrogen-bond acceptors (Lipinski definition) is 2. The molecule has 18 heavy (non-hydrogen) atoms. The van der Waals surface area contributed by atoms with Crippen molar-refractivity contribution < 1.29 is 0 Å². The standard InChI is InChI=1S/C15H15ClN2/c1-9-6-7-10(2)12(8-9)15-17-13-5-3-4-11(13)14(16)18-15/h6-8H,3-5H2,1-2H3. The Morgan fingerprint density at radius 2 is 1.94 bits per heavy atom. The van der Waals surface area contributed by atoms with E-state index in [0.717, 1.165) is 41.9 Å². The second-order valence-electron chi connectivity index (χ2n) is 4.94. The number of halogens is 1. The van der Waals surface area contributed by atoms with Gasteiger partial charge in [0.15, 0.2) is 5.82 Å². The Morgan fingerprint density at radius 1 is 1.11 bits per heavy atom. The molecule has 0 amide bonds. The first-order chi connectivity index (χ1) is 8.65. The molecule has 1 aromatic carbocycles. The van der Waals surface area contributed by atoms with Crippen LogP contribution in [0.5, 0.6) is 0 Å². The van der Waals surface area contributed by atoms with Crippen molar-refractivity contribution >= 4 is 11.6 Å². The summed E-state index contributed by atoms with van der Waals surface area (Å²) in [7, 11) is 0. The molecule has 0 spiro atoms. The van der Waals surface area contributed by atoms with E-state index in [-0.39, 0.29) is 0 Å². The lowest BCUT2D eigenvalue weighted by Crippen LogP contribution is -1.99. The monoisotopic (exact) mass is 258 g/mol. The molecule has 2 nitrogen and oxygen atoms in total. The predicted octanol–water partition coefficient (Wildman–Crippen LogP) is 3.90. The fraction of sp³-hybridized carbons (Fsp3) is 0.333. The molecule has 0 saturated carbocycles. The van der Waals surface area contributed by atoms with Crippen molar-refractivity contribution in [1.29, 1.82) is 0 Å². The van der Waals surface area contributed by atoms with Gasteiger partial charge in [-0.1, -0.05) is 29.3 Å². The molecule has 3 heteroatoms. The molecule has 0 N–H and O–H groups in total. The molecular formula is C15H15ClN2. The van der Waals surface area contributed by atoms with E-state index < -0.39 is 0 Å². The fourth-order valence-electron chi connectivity index (χ4n) is 2.48. The average molecular weight is 259 g/mol. The maximum Gasteiger partial charge on any atom is 0.161 e. The number of aryl methyl sites for hydroxylation is 3. The Labute approximate surface area is 112 Å². The number of nitrogens with zero attached hydrogens (tertiary/aromatic N) is 2. The van der Waals surface area contributed by atoms with E-state index in [0.29, 0.717) is 5.15 Å². The minimum absolute atomic E-state index is 0.633. The summed E-state index contributed by atoms with van der Waals surface area (Å²) >= 11 is 6.27. The second-order valence-corrected chi connectivity index (χ2v) is 5.29. The van der Waals surface area contributed by atoms with Gasteiger partial charge < -0.3 is 0 Å². The highest BCUT2D eigenvalue weighted by Gasteiger charge is 2.19. The van der Waals surface area contributed by atoms with Gasteiger partial charge in [-0.25, -0.2) is 9.97 Å². The first-order valence-corrected chi connectivity index (χ1v) is 6.66. The predicted molar refractivity (Wildman–Crippen MR) is 74.0 cm³/mol. The van der Waals surface area contributed by atoms with E-state index in [9.17, 15) is 0 Å². The van der Waals surface area contributed by atoms with Gasteiger partial charge >= 0.3 is 0 Å². The largest absolute Gasteiger partial charge is 0.233 e. The fourth-order valence-corrected chi connectivity index (χ4v) is 2.77. The Morgan fingerprint density at radius 3 is 2.78 bits per heavy atom. The maximum atomic E-state index is 6.27. The quantitative estimate of drug-likeness (QED) is 0.725. The molecule has 3 rings (SSSR count). The maximum absolute atomic E-state index is 6.27. The summed E-state index contributed by atoms with van der Waals surface area (Å²) in [6.45, 7) is 4.16. The lowest BCUT2D eigenvalue weighted by atomic mass is 10.0. The van der Waals surface area contributed by atoms with Crippen LogP contribution in [0.3, 0.4) is 0 Å². The molecule has 0 fully saturated rings. The van der Waals surface area contributed by atoms with E-state index in [1.54, 1.807) is 0 Å². The van der Waals surface area contributed by atoms with Crippen molar-refractivity contribution in [1.82, 2.24) is 9.97 Å². The topological polar surface area (TPSA) is 25.8 Å². The number of rotatable bonds is 1. The lowest BCUT2D eigenvalue weighted by molar-refractivity contribution is 0.900. The summed E-state index contributed by atoms with van der Waals surface area (Å²) in [6, 6.07) is 6.34. The normalized spacial score (nSPS) is 13.7. The van der Waals surface area contributed by atoms with Gasteiger partial charge in [-0.15, -0.1) is 0 Å². The zero-order valence-electron chi connectivity index (χ0n) is 10.6. The van der Waals surface area contributed by atoms with Crippen LogP contribution in [0.2, 0.25) is 5.15 Å². The number of hydrogen-bond donors (Lipinski definition) is 0. The molecule has 1 heterocycles. The zero-order chi connectivity index (χ0) is 12.7. The SMILES string of the molecule is Cc1ccc(C)c(-c2nc(Cl)c3c(n2)CCC3)c1. The van der Waals surface area contributed by atoms with Gasteiger partial charge in [-0.3, -0.25) is 0 Å². The molecule has 0 unspecified atom stereocenters. The van der Waals surface area contributed by atoms with Crippen LogP contribution >= 0.6 is 11.6 Å². The molecule has 1 aromatic heterocycles. The van der Waals surface area contributed by atoms with Crippen molar-refractivity contribution in [2.75, 3.05) is 0 Å². The Hall–Kier alpha value is -1.41. The number of benzene rings is 1. The average Bonchev–Trinajstić information content (AvgIpc) is 2.81. The van der Waals surface area contributed by atoms with Crippen molar-refractivity contribution in [3.05, 3.63) is 45.7 Å². The number of fused-ring (bicyclic) bond motifs is 1. The highest BCUT2D eigenvalue weighted by Crippen LogP contribution is 2.30. The van der Waals surface area contributed by atoms with Gasteiger partial charge in [0.05, 0.1) is 0 Å². The van der Waals surface area contributed by atoms with Crippen LogP contribution in [0, 0.1) is 13.8 Å². The van der Waals surface area contributed by atoms with Crippen molar-refractivity contribution in [2.24, 2.45) is 0 Å². The lowest BCUT2D eigenvalue weighted by Gasteiger charge is -2.09. The minimum atomic E-state index is 0.633. The van der Waals surface area contributed by atoms with Crippen molar-refractivity contribution in [3.8, 4) is 11.4 Å². The van der Waals surface area contributed by atoms with Crippen LogP contribution in [0.25, 0.3) is 11.4 Å². The summed E-state index contributed by atoms with van der Waals surface area (Å²) < 4.78 is 0. The Kier molecular flexibility index (Phi) is 2.83. The molecule has 0 aliphatic heterocycles. The van der Waals surface area contributed by atoms with Gasteiger partial charge in [0.2, 0.25) is 0 Å². The van der Waals surface area contributed by atoms with Crippen LogP contribution < -0.4 is 0 Å². The summed E-state index contributed by atoms with van der Waals surface area (Å²) in [5.41, 5.74) is 5.77. The van der Waals surface area contributed by atoms with Crippen LogP contribution in [0.4, 0.5) is 0 Å². The van der Waals surface area contributed by atoms with E-state index in [1.165, 1.54) is 11.1 Å². The number of aromatic nitrogens is 2. The third kappa shape index (κ3) is 1.91. The molecular weight excluding hydrogens is 244 g/mol. The molecule has 1 aliphatic rings. The van der Waals surface area contributed by atoms with Crippen LogP contribution in [0.1, 0.15) is 28.8 Å². The van der Waals surface area contributed by atoms with Crippen molar-refractivity contribution in [3.63, 3.8) is 0 Å². The molecule has 0 saturated heterocycles. The van der Waals surface area contributed by atoms with Gasteiger partial charge in [0.25, 0.3) is 0 Å². The van der Waals surface area contributed by atoms with E-state index in [4.69, 9.17) is 16.6 Å². The van der Waals surface area contributed by atoms with Gasteiger partial charge in [0, 0.05) is 16.8 Å². The zero-order valence-corrected chi connectivity index (χ0v) is 11.4. The van der Waals surface area contributed by atoms with Gasteiger partial charge in [-0.2, -0.15) is 0 Å². The molecule has 2 aromatic rings. The summed E-state index contributed by atoms with van der Waals surface area (Å²) in [5, 5.41) is 0.633. The van der Waals surface area contributed by atoms with Gasteiger partial charge in [-0.05, 0) is 44.7 Å². The Bertz CT molecular complexity index is 620. The highest BCUT2D eigenvalue weighted by molar-refractivity contribution is 6.30. The summed E-state index contributed by atoms with van der Waals surface area (Å²) in [5.74, 6) is 0.766. The van der Waals surface area contributed by atoms with E-state index >= 15 is 0 Å². The van der Waals surface area contributed by atoms with Crippen LogP contribution in [-0.4, -0.2) is 9.97 Å². The van der Waals surface area contributed by atoms with E-state index in [2.05, 4.69) is 37.0 Å². The minimum Gasteiger partial charge on any atom is -0.233 e. The van der Waals surface area contributed by atoms with Crippen LogP contribution in [-0.2, 0) is 12.8 Å². The second kappa shape index (κ2) is 4.36. The molecule has 0 radical (unpaired) electrons.